The number of carbonyl (C=O) groups excluding carboxylic acids is 1. The molecule has 158 valence electrons. The molecule has 0 radical (unpaired) electrons. The summed E-state index contributed by atoms with van der Waals surface area (Å²) in [4.78, 5) is 15.7. The highest BCUT2D eigenvalue weighted by Gasteiger charge is 2.22. The molecule has 1 aromatic carbocycles. The van der Waals surface area contributed by atoms with Crippen LogP contribution in [0.3, 0.4) is 0 Å². The van der Waals surface area contributed by atoms with Crippen molar-refractivity contribution in [3.63, 3.8) is 0 Å². The van der Waals surface area contributed by atoms with Gasteiger partial charge in [-0.25, -0.2) is 4.39 Å². The lowest BCUT2D eigenvalue weighted by Crippen LogP contribution is -2.42. The number of hydrogen-bond acceptors (Lipinski definition) is 3. The van der Waals surface area contributed by atoms with Crippen molar-refractivity contribution < 1.29 is 13.9 Å². The number of hydrogen-bond donors (Lipinski definition) is 3. The van der Waals surface area contributed by atoms with E-state index >= 15 is 0 Å². The first-order valence-corrected chi connectivity index (χ1v) is 9.57. The predicted octanol–water partition coefficient (Wildman–Crippen LogP) is 3.23. The summed E-state index contributed by atoms with van der Waals surface area (Å²) in [6.45, 7) is 7.29. The van der Waals surface area contributed by atoms with Crippen molar-refractivity contribution >= 4 is 35.8 Å². The SMILES string of the molecule is CN=C(NCCNC(=O)C(C)C)NC(C)c1ccc(OCC2CC2)c(F)c1.I. The summed E-state index contributed by atoms with van der Waals surface area (Å²) in [6, 6.07) is 4.91. The van der Waals surface area contributed by atoms with E-state index in [0.29, 0.717) is 37.3 Å². The first-order valence-electron chi connectivity index (χ1n) is 9.57. The summed E-state index contributed by atoms with van der Waals surface area (Å²) >= 11 is 0. The van der Waals surface area contributed by atoms with Gasteiger partial charge in [0.2, 0.25) is 5.91 Å². The number of guanidine groups is 1. The molecule has 3 N–H and O–H groups in total. The quantitative estimate of drug-likeness (QED) is 0.208. The largest absolute Gasteiger partial charge is 0.490 e. The molecule has 28 heavy (non-hydrogen) atoms. The third-order valence-electron chi connectivity index (χ3n) is 4.45. The van der Waals surface area contributed by atoms with Crippen molar-refractivity contribution in [2.24, 2.45) is 16.8 Å². The minimum Gasteiger partial charge on any atom is -0.490 e. The Morgan fingerprint density at radius 2 is 1.93 bits per heavy atom. The lowest BCUT2D eigenvalue weighted by Gasteiger charge is -2.19. The van der Waals surface area contributed by atoms with Gasteiger partial charge < -0.3 is 20.7 Å². The van der Waals surface area contributed by atoms with E-state index in [1.807, 2.05) is 26.8 Å². The van der Waals surface area contributed by atoms with E-state index in [0.717, 1.165) is 5.56 Å². The normalized spacial score (nSPS) is 14.9. The maximum absolute atomic E-state index is 14.3. The van der Waals surface area contributed by atoms with Crippen LogP contribution in [0.4, 0.5) is 4.39 Å². The molecule has 8 heteroatoms. The van der Waals surface area contributed by atoms with Crippen LogP contribution in [0, 0.1) is 17.7 Å². The Morgan fingerprint density at radius 3 is 2.50 bits per heavy atom. The fourth-order valence-corrected chi connectivity index (χ4v) is 2.45. The van der Waals surface area contributed by atoms with Crippen LogP contribution in [0.15, 0.2) is 23.2 Å². The van der Waals surface area contributed by atoms with Gasteiger partial charge in [-0.2, -0.15) is 0 Å². The molecule has 0 heterocycles. The van der Waals surface area contributed by atoms with E-state index in [2.05, 4.69) is 20.9 Å². The van der Waals surface area contributed by atoms with Crippen LogP contribution in [-0.2, 0) is 4.79 Å². The number of nitrogens with zero attached hydrogens (tertiary/aromatic N) is 1. The van der Waals surface area contributed by atoms with Crippen LogP contribution >= 0.6 is 24.0 Å². The highest BCUT2D eigenvalue weighted by atomic mass is 127. The number of nitrogens with one attached hydrogen (secondary N) is 3. The van der Waals surface area contributed by atoms with Crippen LogP contribution in [0.1, 0.15) is 45.2 Å². The molecule has 0 aliphatic heterocycles. The second-order valence-corrected chi connectivity index (χ2v) is 7.25. The number of aliphatic imine (C=N–C) groups is 1. The molecule has 1 aliphatic carbocycles. The molecule has 2 rings (SSSR count). The maximum atomic E-state index is 14.3. The second-order valence-electron chi connectivity index (χ2n) is 7.25. The smallest absolute Gasteiger partial charge is 0.222 e. The van der Waals surface area contributed by atoms with Crippen molar-refractivity contribution in [1.29, 1.82) is 0 Å². The van der Waals surface area contributed by atoms with E-state index in [-0.39, 0.29) is 47.7 Å². The zero-order valence-electron chi connectivity index (χ0n) is 17.0. The summed E-state index contributed by atoms with van der Waals surface area (Å²) < 4.78 is 19.8. The highest BCUT2D eigenvalue weighted by molar-refractivity contribution is 14.0. The van der Waals surface area contributed by atoms with Crippen molar-refractivity contribution in [3.8, 4) is 5.75 Å². The lowest BCUT2D eigenvalue weighted by atomic mass is 10.1. The van der Waals surface area contributed by atoms with Gasteiger partial charge in [0, 0.05) is 26.1 Å². The van der Waals surface area contributed by atoms with E-state index < -0.39 is 0 Å². The fraction of sp³-hybridized carbons (Fsp3) is 0.600. The molecule has 1 saturated carbocycles. The van der Waals surface area contributed by atoms with E-state index in [1.165, 1.54) is 18.9 Å². The molecule has 0 spiro atoms. The third-order valence-corrected chi connectivity index (χ3v) is 4.45. The molecular weight excluding hydrogens is 474 g/mol. The van der Waals surface area contributed by atoms with Gasteiger partial charge in [0.1, 0.15) is 0 Å². The molecule has 0 saturated heterocycles. The Labute approximate surface area is 184 Å². The van der Waals surface area contributed by atoms with Crippen LogP contribution in [-0.4, -0.2) is 38.6 Å². The van der Waals surface area contributed by atoms with Crippen molar-refractivity contribution in [2.75, 3.05) is 26.7 Å². The number of rotatable bonds is 9. The van der Waals surface area contributed by atoms with Gasteiger partial charge in [0.25, 0.3) is 0 Å². The predicted molar refractivity (Wildman–Crippen MR) is 121 cm³/mol. The Morgan fingerprint density at radius 1 is 1.25 bits per heavy atom. The zero-order chi connectivity index (χ0) is 19.8. The summed E-state index contributed by atoms with van der Waals surface area (Å²) in [5, 5.41) is 9.19. The molecule has 0 bridgehead atoms. The van der Waals surface area contributed by atoms with Crippen LogP contribution in [0.2, 0.25) is 0 Å². The number of ether oxygens (including phenoxy) is 1. The van der Waals surface area contributed by atoms with Crippen molar-refractivity contribution in [2.45, 2.75) is 39.7 Å². The molecule has 1 amide bonds. The van der Waals surface area contributed by atoms with Gasteiger partial charge in [0.15, 0.2) is 17.5 Å². The minimum atomic E-state index is -0.346. The first kappa shape index (κ1) is 24.5. The van der Waals surface area contributed by atoms with E-state index in [9.17, 15) is 9.18 Å². The number of benzene rings is 1. The summed E-state index contributed by atoms with van der Waals surface area (Å²) in [7, 11) is 1.67. The van der Waals surface area contributed by atoms with Crippen LogP contribution in [0.25, 0.3) is 0 Å². The van der Waals surface area contributed by atoms with E-state index in [1.54, 1.807) is 13.1 Å². The molecule has 1 aliphatic rings. The van der Waals surface area contributed by atoms with Crippen molar-refractivity contribution in [3.05, 3.63) is 29.6 Å². The Kier molecular flexibility index (Phi) is 10.6. The minimum absolute atomic E-state index is 0. The number of carbonyl (C=O) groups is 1. The standard InChI is InChI=1S/C20H31FN4O2.HI/c1-13(2)19(26)23-9-10-24-20(22-4)25-14(3)16-7-8-18(17(21)11-16)27-12-15-5-6-15;/h7-8,11,13-15H,5-6,9-10,12H2,1-4H3,(H,23,26)(H2,22,24,25);1H. The molecule has 1 aromatic rings. The van der Waals surface area contributed by atoms with Gasteiger partial charge in [0.05, 0.1) is 12.6 Å². The third kappa shape index (κ3) is 8.20. The Balaban J connectivity index is 0.00000392. The summed E-state index contributed by atoms with van der Waals surface area (Å²) in [5.41, 5.74) is 0.808. The van der Waals surface area contributed by atoms with Gasteiger partial charge in [-0.1, -0.05) is 19.9 Å². The van der Waals surface area contributed by atoms with Crippen molar-refractivity contribution in [1.82, 2.24) is 16.0 Å². The molecular formula is C20H32FIN4O2. The van der Waals surface area contributed by atoms with Gasteiger partial charge >= 0.3 is 0 Å². The van der Waals surface area contributed by atoms with Gasteiger partial charge in [-0.15, -0.1) is 24.0 Å². The zero-order valence-corrected chi connectivity index (χ0v) is 19.4. The van der Waals surface area contributed by atoms with E-state index in [4.69, 9.17) is 4.74 Å². The van der Waals surface area contributed by atoms with Gasteiger partial charge in [-0.3, -0.25) is 9.79 Å². The molecule has 1 atom stereocenters. The average molecular weight is 506 g/mol. The Bertz CT molecular complexity index is 666. The Hall–Kier alpha value is -1.58. The topological polar surface area (TPSA) is 74.8 Å². The maximum Gasteiger partial charge on any atom is 0.222 e. The summed E-state index contributed by atoms with van der Waals surface area (Å²) in [6.07, 6.45) is 2.35. The van der Waals surface area contributed by atoms with Gasteiger partial charge in [-0.05, 0) is 43.4 Å². The number of halogens is 2. The molecule has 1 unspecified atom stereocenters. The molecule has 6 nitrogen and oxygen atoms in total. The molecule has 0 aromatic heterocycles. The first-order chi connectivity index (χ1) is 12.9. The second kappa shape index (κ2) is 12.1. The number of amides is 1. The van der Waals surface area contributed by atoms with Crippen LogP contribution < -0.4 is 20.7 Å². The fourth-order valence-electron chi connectivity index (χ4n) is 2.45. The summed E-state index contributed by atoms with van der Waals surface area (Å²) in [5.74, 6) is 1.13. The monoisotopic (exact) mass is 506 g/mol. The van der Waals surface area contributed by atoms with Crippen LogP contribution in [0.5, 0.6) is 5.75 Å². The highest BCUT2D eigenvalue weighted by Crippen LogP contribution is 2.30. The average Bonchev–Trinajstić information content (AvgIpc) is 3.47. The molecule has 1 fully saturated rings. The lowest BCUT2D eigenvalue weighted by molar-refractivity contribution is -0.123.